The Balaban J connectivity index is 1.12. The fourth-order valence-corrected chi connectivity index (χ4v) is 7.19. The van der Waals surface area contributed by atoms with Gasteiger partial charge in [0, 0.05) is 13.1 Å². The summed E-state index contributed by atoms with van der Waals surface area (Å²) in [6.07, 6.45) is 8.81. The lowest BCUT2D eigenvalue weighted by atomic mass is 9.97. The number of carbonyl (C=O) groups is 4. The van der Waals surface area contributed by atoms with Gasteiger partial charge in [0.1, 0.15) is 29.8 Å². The number of piperidine rings is 1. The van der Waals surface area contributed by atoms with E-state index in [-0.39, 0.29) is 35.7 Å². The fourth-order valence-electron chi connectivity index (χ4n) is 7.19. The number of nitrogens with one attached hydrogen (secondary N) is 4. The molecule has 0 radical (unpaired) electrons. The van der Waals surface area contributed by atoms with Gasteiger partial charge in [-0.05, 0) is 53.4 Å². The summed E-state index contributed by atoms with van der Waals surface area (Å²) in [6, 6.07) is 14.4. The number of carbonyl (C=O) groups excluding carboxylic acids is 4. The van der Waals surface area contributed by atoms with Crippen molar-refractivity contribution in [1.82, 2.24) is 40.4 Å². The van der Waals surface area contributed by atoms with Crippen LogP contribution in [0.25, 0.3) is 33.6 Å². The van der Waals surface area contributed by atoms with E-state index >= 15 is 0 Å². The Morgan fingerprint density at radius 2 is 1.16 bits per heavy atom. The minimum atomic E-state index is -0.727. The van der Waals surface area contributed by atoms with Gasteiger partial charge >= 0.3 is 12.2 Å². The van der Waals surface area contributed by atoms with Crippen molar-refractivity contribution < 1.29 is 28.7 Å². The number of imidazole rings is 2. The molecule has 4 N–H and O–H groups in total. The van der Waals surface area contributed by atoms with Crippen molar-refractivity contribution in [2.75, 3.05) is 27.3 Å². The number of likely N-dealkylation sites (tertiary alicyclic amines) is 1. The molecule has 4 heterocycles. The highest BCUT2D eigenvalue weighted by Gasteiger charge is 2.37. The first-order valence-electron chi connectivity index (χ1n) is 18.8. The number of benzene rings is 2. The van der Waals surface area contributed by atoms with E-state index in [1.54, 1.807) is 17.3 Å². The lowest BCUT2D eigenvalue weighted by molar-refractivity contribution is -0.138. The molecule has 290 valence electrons. The second-order valence-electron chi connectivity index (χ2n) is 14.6. The maximum absolute atomic E-state index is 13.7. The van der Waals surface area contributed by atoms with E-state index in [0.717, 1.165) is 58.7 Å². The molecule has 55 heavy (non-hydrogen) atoms. The Bertz CT molecular complexity index is 2000. The summed E-state index contributed by atoms with van der Waals surface area (Å²) in [6.45, 7) is 8.57. The van der Waals surface area contributed by atoms with Crippen LogP contribution >= 0.6 is 0 Å². The summed E-state index contributed by atoms with van der Waals surface area (Å²) in [5, 5.41) is 5.38. The maximum Gasteiger partial charge on any atom is 0.407 e. The number of aromatic amines is 2. The predicted octanol–water partition coefficient (Wildman–Crippen LogP) is 6.39. The molecule has 14 nitrogen and oxygen atoms in total. The van der Waals surface area contributed by atoms with Crippen molar-refractivity contribution in [1.29, 1.82) is 0 Å². The topological polar surface area (TPSA) is 175 Å². The smallest absolute Gasteiger partial charge is 0.407 e. The number of hydrogen-bond donors (Lipinski definition) is 4. The van der Waals surface area contributed by atoms with Crippen LogP contribution in [-0.2, 0) is 19.1 Å². The molecule has 6 rings (SSSR count). The number of alkyl carbamates (subject to hydrolysis) is 2. The second kappa shape index (κ2) is 17.0. The van der Waals surface area contributed by atoms with Crippen LogP contribution in [0.4, 0.5) is 9.59 Å². The number of aromatic nitrogens is 4. The van der Waals surface area contributed by atoms with Crippen LogP contribution in [0, 0.1) is 11.8 Å². The van der Waals surface area contributed by atoms with Crippen LogP contribution in [0.3, 0.4) is 0 Å². The highest BCUT2D eigenvalue weighted by atomic mass is 16.5. The highest BCUT2D eigenvalue weighted by molar-refractivity contribution is 5.87. The third kappa shape index (κ3) is 8.58. The molecular formula is C41H50N8O6. The van der Waals surface area contributed by atoms with Gasteiger partial charge in [0.05, 0.1) is 44.0 Å². The van der Waals surface area contributed by atoms with Crippen LogP contribution < -0.4 is 10.6 Å². The zero-order chi connectivity index (χ0) is 39.2. The van der Waals surface area contributed by atoms with E-state index < -0.39 is 24.3 Å². The lowest BCUT2D eigenvalue weighted by Gasteiger charge is -2.37. The molecule has 1 saturated heterocycles. The Morgan fingerprint density at radius 3 is 1.67 bits per heavy atom. The van der Waals surface area contributed by atoms with Crippen LogP contribution in [0.1, 0.15) is 70.7 Å². The number of methoxy groups -OCH3 is 2. The van der Waals surface area contributed by atoms with E-state index in [2.05, 4.69) is 49.9 Å². The van der Waals surface area contributed by atoms with Gasteiger partial charge < -0.3 is 39.9 Å². The first-order valence-corrected chi connectivity index (χ1v) is 18.8. The van der Waals surface area contributed by atoms with Crippen LogP contribution in [0.2, 0.25) is 0 Å². The van der Waals surface area contributed by atoms with Crippen LogP contribution in [0.5, 0.6) is 0 Å². The molecular weight excluding hydrogens is 701 g/mol. The van der Waals surface area contributed by atoms with Crippen molar-refractivity contribution >= 4 is 24.0 Å². The number of nitrogens with zero attached hydrogens (tertiary/aromatic N) is 4. The maximum atomic E-state index is 13.7. The Morgan fingerprint density at radius 1 is 0.691 bits per heavy atom. The average molecular weight is 751 g/mol. The molecule has 0 spiro atoms. The molecule has 0 saturated carbocycles. The second-order valence-corrected chi connectivity index (χ2v) is 14.6. The third-order valence-corrected chi connectivity index (χ3v) is 10.3. The molecule has 2 aliphatic rings. The van der Waals surface area contributed by atoms with E-state index in [9.17, 15) is 19.2 Å². The van der Waals surface area contributed by atoms with Crippen molar-refractivity contribution in [2.45, 2.75) is 71.1 Å². The van der Waals surface area contributed by atoms with Crippen LogP contribution in [0.15, 0.2) is 73.1 Å². The normalized spacial score (nSPS) is 18.0. The highest BCUT2D eigenvalue weighted by Crippen LogP contribution is 2.33. The zero-order valence-electron chi connectivity index (χ0n) is 32.2. The van der Waals surface area contributed by atoms with Crippen molar-refractivity contribution in [3.8, 4) is 33.6 Å². The van der Waals surface area contributed by atoms with Crippen molar-refractivity contribution in [3.05, 3.63) is 84.7 Å². The van der Waals surface area contributed by atoms with Gasteiger partial charge in [0.15, 0.2) is 0 Å². The number of ether oxygens (including phenoxy) is 2. The van der Waals surface area contributed by atoms with Gasteiger partial charge in [-0.1, -0.05) is 88.4 Å². The minimum absolute atomic E-state index is 0.110. The Labute approximate surface area is 321 Å². The molecule has 4 atom stereocenters. The molecule has 2 aliphatic heterocycles. The molecule has 4 amide bonds. The summed E-state index contributed by atoms with van der Waals surface area (Å²) in [5.74, 6) is 0.780. The van der Waals surface area contributed by atoms with Gasteiger partial charge in [-0.15, -0.1) is 0 Å². The predicted molar refractivity (Wildman–Crippen MR) is 207 cm³/mol. The lowest BCUT2D eigenvalue weighted by Crippen LogP contribution is -2.53. The fraction of sp³-hybridized carbons (Fsp3) is 0.415. The molecule has 4 aromatic rings. The summed E-state index contributed by atoms with van der Waals surface area (Å²) in [4.78, 5) is 70.8. The summed E-state index contributed by atoms with van der Waals surface area (Å²) < 4.78 is 9.51. The third-order valence-electron chi connectivity index (χ3n) is 10.3. The number of hydrogen-bond acceptors (Lipinski definition) is 8. The molecule has 2 aromatic heterocycles. The van der Waals surface area contributed by atoms with Gasteiger partial charge in [0.25, 0.3) is 0 Å². The SMILES string of the molecule is COC(=O)N[C@H](C(=O)N1CC=CC1c1ncc(-c2ccc(-c3ccc(-c4cnc([C@@H]5CCCCN5C(=O)[C@@H](NC(=O)OC)C(C)C)[nH]4)cc3)cc2)[nH]1)C(C)C. The molecule has 2 aromatic carbocycles. The largest absolute Gasteiger partial charge is 0.453 e. The van der Waals surface area contributed by atoms with Gasteiger partial charge in [0.2, 0.25) is 11.8 Å². The van der Waals surface area contributed by atoms with E-state index in [1.165, 1.54) is 14.2 Å². The van der Waals surface area contributed by atoms with Gasteiger partial charge in [-0.25, -0.2) is 19.6 Å². The monoisotopic (exact) mass is 750 g/mol. The van der Waals surface area contributed by atoms with Crippen molar-refractivity contribution in [2.24, 2.45) is 11.8 Å². The first kappa shape index (κ1) is 38.8. The summed E-state index contributed by atoms with van der Waals surface area (Å²) in [7, 11) is 2.57. The van der Waals surface area contributed by atoms with E-state index in [1.807, 2.05) is 69.0 Å². The standard InChI is InChI=1S/C41H50N8O6/c1-24(2)34(46-40(52)54-5)38(50)48-20-8-7-10-32(48)36-42-22-30(44-36)28-16-12-26(13-17-28)27-14-18-29(19-15-27)31-23-43-37(45-31)33-11-9-21-49(33)39(51)35(25(3)4)47-41(53)55-6/h9,11-19,22-25,32-35H,7-8,10,20-21H2,1-6H3,(H,42,44)(H,43,45)(H,46,52)(H,47,53)/t32-,33?,34-,35-/m0/s1. The quantitative estimate of drug-likeness (QED) is 0.128. The summed E-state index contributed by atoms with van der Waals surface area (Å²) in [5.41, 5.74) is 5.70. The minimum Gasteiger partial charge on any atom is -0.453 e. The molecule has 14 heteroatoms. The summed E-state index contributed by atoms with van der Waals surface area (Å²) >= 11 is 0. The first-order chi connectivity index (χ1) is 26.5. The van der Waals surface area contributed by atoms with Crippen molar-refractivity contribution in [3.63, 3.8) is 0 Å². The van der Waals surface area contributed by atoms with Gasteiger partial charge in [-0.3, -0.25) is 9.59 Å². The number of amides is 4. The molecule has 0 bridgehead atoms. The average Bonchev–Trinajstić information content (AvgIpc) is 4.00. The number of rotatable bonds is 11. The molecule has 0 aliphatic carbocycles. The van der Waals surface area contributed by atoms with E-state index in [0.29, 0.717) is 18.9 Å². The molecule has 1 unspecified atom stereocenters. The molecule has 1 fully saturated rings. The number of H-pyrrole nitrogens is 2. The Hall–Kier alpha value is -5.92. The zero-order valence-corrected chi connectivity index (χ0v) is 32.2. The van der Waals surface area contributed by atoms with E-state index in [4.69, 9.17) is 14.5 Å². The Kier molecular flexibility index (Phi) is 12.0. The van der Waals surface area contributed by atoms with Gasteiger partial charge in [-0.2, -0.15) is 0 Å². The van der Waals surface area contributed by atoms with Crippen LogP contribution in [-0.4, -0.2) is 93.1 Å².